The first-order chi connectivity index (χ1) is 11.3. The fourth-order valence-electron chi connectivity index (χ4n) is 2.52. The third-order valence-corrected chi connectivity index (χ3v) is 3.82. The quantitative estimate of drug-likeness (QED) is 0.601. The lowest BCUT2D eigenvalue weighted by molar-refractivity contribution is -0.122. The minimum atomic E-state index is 0.0878. The molecule has 1 fully saturated rings. The van der Waals surface area contributed by atoms with Crippen LogP contribution in [0, 0.1) is 0 Å². The van der Waals surface area contributed by atoms with Crippen molar-refractivity contribution in [2.45, 2.75) is 0 Å². The fraction of sp³-hybridized carbons (Fsp3) is 0.625. The Bertz CT molecular complexity index is 449. The van der Waals surface area contributed by atoms with E-state index in [4.69, 9.17) is 4.74 Å². The van der Waals surface area contributed by atoms with Crippen LogP contribution in [0.4, 0.5) is 5.82 Å². The number of amides is 1. The van der Waals surface area contributed by atoms with E-state index in [-0.39, 0.29) is 5.91 Å². The largest absolute Gasteiger partial charge is 0.383 e. The van der Waals surface area contributed by atoms with Crippen LogP contribution < -0.4 is 15.5 Å². The van der Waals surface area contributed by atoms with Crippen LogP contribution in [0.15, 0.2) is 24.4 Å². The molecule has 1 amide bonds. The van der Waals surface area contributed by atoms with E-state index in [2.05, 4.69) is 25.4 Å². The lowest BCUT2D eigenvalue weighted by Crippen LogP contribution is -2.50. The van der Waals surface area contributed by atoms with Crippen LogP contribution in [-0.4, -0.2) is 81.9 Å². The molecule has 0 radical (unpaired) electrons. The van der Waals surface area contributed by atoms with E-state index in [0.29, 0.717) is 19.7 Å². The highest BCUT2D eigenvalue weighted by Gasteiger charge is 2.19. The maximum atomic E-state index is 11.9. The predicted octanol–water partition coefficient (Wildman–Crippen LogP) is -0.444. The van der Waals surface area contributed by atoms with E-state index in [1.165, 1.54) is 0 Å². The minimum absolute atomic E-state index is 0.0878. The Morgan fingerprint density at radius 1 is 1.22 bits per heavy atom. The van der Waals surface area contributed by atoms with Crippen LogP contribution in [0.2, 0.25) is 0 Å². The molecular formula is C16H27N5O2. The second-order valence-corrected chi connectivity index (χ2v) is 5.54. The highest BCUT2D eigenvalue weighted by Crippen LogP contribution is 2.11. The maximum absolute atomic E-state index is 11.9. The summed E-state index contributed by atoms with van der Waals surface area (Å²) in [7, 11) is 1.68. The summed E-state index contributed by atoms with van der Waals surface area (Å²) < 4.78 is 4.95. The van der Waals surface area contributed by atoms with Gasteiger partial charge in [-0.1, -0.05) is 6.07 Å². The topological polar surface area (TPSA) is 69.7 Å². The molecule has 0 unspecified atom stereocenters. The summed E-state index contributed by atoms with van der Waals surface area (Å²) >= 11 is 0. The number of carbonyl (C=O) groups excluding carboxylic acids is 1. The molecule has 7 heteroatoms. The summed E-state index contributed by atoms with van der Waals surface area (Å²) in [5, 5.41) is 6.14. The number of hydrogen-bond donors (Lipinski definition) is 2. The number of nitrogens with one attached hydrogen (secondary N) is 2. The van der Waals surface area contributed by atoms with Gasteiger partial charge in [-0.25, -0.2) is 4.98 Å². The van der Waals surface area contributed by atoms with Gasteiger partial charge in [0.25, 0.3) is 0 Å². The van der Waals surface area contributed by atoms with E-state index in [1.807, 2.05) is 24.4 Å². The van der Waals surface area contributed by atoms with Crippen molar-refractivity contribution in [1.29, 1.82) is 0 Å². The molecule has 1 aromatic rings. The van der Waals surface area contributed by atoms with Crippen molar-refractivity contribution >= 4 is 11.7 Å². The molecule has 1 aromatic heterocycles. The number of rotatable bonds is 9. The number of pyridine rings is 1. The van der Waals surface area contributed by atoms with Crippen LogP contribution in [0.1, 0.15) is 0 Å². The Balaban J connectivity index is 1.58. The second-order valence-electron chi connectivity index (χ2n) is 5.54. The molecule has 0 atom stereocenters. The zero-order chi connectivity index (χ0) is 16.3. The Morgan fingerprint density at radius 2 is 2.04 bits per heavy atom. The Labute approximate surface area is 138 Å². The molecule has 128 valence electrons. The third-order valence-electron chi connectivity index (χ3n) is 3.82. The first kappa shape index (κ1) is 17.7. The average Bonchev–Trinajstić information content (AvgIpc) is 2.59. The number of carbonyl (C=O) groups is 1. The molecule has 0 spiro atoms. The normalized spacial score (nSPS) is 15.6. The first-order valence-electron chi connectivity index (χ1n) is 8.14. The maximum Gasteiger partial charge on any atom is 0.234 e. The third kappa shape index (κ3) is 6.52. The molecule has 2 rings (SSSR count). The van der Waals surface area contributed by atoms with E-state index in [1.54, 1.807) is 7.11 Å². The molecule has 1 saturated heterocycles. The number of aromatic nitrogens is 1. The molecule has 2 N–H and O–H groups in total. The molecule has 2 heterocycles. The molecule has 7 nitrogen and oxygen atoms in total. The lowest BCUT2D eigenvalue weighted by Gasteiger charge is -2.34. The van der Waals surface area contributed by atoms with Gasteiger partial charge in [0.05, 0.1) is 13.2 Å². The van der Waals surface area contributed by atoms with E-state index < -0.39 is 0 Å². The molecule has 23 heavy (non-hydrogen) atoms. The summed E-state index contributed by atoms with van der Waals surface area (Å²) in [6.45, 7) is 6.96. The van der Waals surface area contributed by atoms with Crippen LogP contribution in [-0.2, 0) is 9.53 Å². The van der Waals surface area contributed by atoms with E-state index in [0.717, 1.165) is 45.1 Å². The number of nitrogens with zero attached hydrogens (tertiary/aromatic N) is 3. The molecular weight excluding hydrogens is 294 g/mol. The van der Waals surface area contributed by atoms with Crippen LogP contribution in [0.25, 0.3) is 0 Å². The van der Waals surface area contributed by atoms with Crippen LogP contribution in [0.3, 0.4) is 0 Å². The fourth-order valence-corrected chi connectivity index (χ4v) is 2.52. The zero-order valence-electron chi connectivity index (χ0n) is 13.8. The molecule has 0 aromatic carbocycles. The van der Waals surface area contributed by atoms with Crippen molar-refractivity contribution in [2.24, 2.45) is 0 Å². The zero-order valence-corrected chi connectivity index (χ0v) is 13.8. The number of ether oxygens (including phenoxy) is 1. The van der Waals surface area contributed by atoms with Crippen LogP contribution in [0.5, 0.6) is 0 Å². The van der Waals surface area contributed by atoms with Gasteiger partial charge in [-0.05, 0) is 12.1 Å². The second kappa shape index (κ2) is 10.1. The summed E-state index contributed by atoms with van der Waals surface area (Å²) in [4.78, 5) is 20.7. The van der Waals surface area contributed by atoms with Crippen molar-refractivity contribution < 1.29 is 9.53 Å². The highest BCUT2D eigenvalue weighted by atomic mass is 16.5. The van der Waals surface area contributed by atoms with Gasteiger partial charge in [0.1, 0.15) is 5.82 Å². The van der Waals surface area contributed by atoms with E-state index in [9.17, 15) is 4.79 Å². The Morgan fingerprint density at radius 3 is 2.74 bits per heavy atom. The van der Waals surface area contributed by atoms with Gasteiger partial charge >= 0.3 is 0 Å². The Kier molecular flexibility index (Phi) is 7.79. The van der Waals surface area contributed by atoms with Crippen molar-refractivity contribution in [2.75, 3.05) is 71.0 Å². The molecule has 1 aliphatic heterocycles. The molecule has 0 aliphatic carbocycles. The molecule has 0 bridgehead atoms. The van der Waals surface area contributed by atoms with Crippen molar-refractivity contribution in [3.05, 3.63) is 24.4 Å². The van der Waals surface area contributed by atoms with Crippen molar-refractivity contribution in [1.82, 2.24) is 20.5 Å². The number of anilines is 1. The van der Waals surface area contributed by atoms with Gasteiger partial charge in [0.2, 0.25) is 5.91 Å². The summed E-state index contributed by atoms with van der Waals surface area (Å²) in [5.41, 5.74) is 0. The highest BCUT2D eigenvalue weighted by molar-refractivity contribution is 5.78. The summed E-state index contributed by atoms with van der Waals surface area (Å²) in [6.07, 6.45) is 1.82. The first-order valence-corrected chi connectivity index (χ1v) is 8.14. The van der Waals surface area contributed by atoms with Gasteiger partial charge in [-0.15, -0.1) is 0 Å². The molecule has 1 aliphatic rings. The van der Waals surface area contributed by atoms with Crippen LogP contribution >= 0.6 is 0 Å². The van der Waals surface area contributed by atoms with Gasteiger partial charge in [-0.3, -0.25) is 9.69 Å². The van der Waals surface area contributed by atoms with Gasteiger partial charge in [-0.2, -0.15) is 0 Å². The Hall–Kier alpha value is -1.70. The SMILES string of the molecule is COCCNCCNC(=O)CN1CCN(c2ccccn2)CC1. The molecule has 0 saturated carbocycles. The van der Waals surface area contributed by atoms with Gasteiger partial charge in [0, 0.05) is 59.1 Å². The standard InChI is InChI=1S/C16H27N5O2/c1-23-13-8-17-6-7-19-16(22)14-20-9-11-21(12-10-20)15-4-2-3-5-18-15/h2-5,17H,6-14H2,1H3,(H,19,22). The number of hydrogen-bond acceptors (Lipinski definition) is 6. The van der Waals surface area contributed by atoms with Crippen molar-refractivity contribution in [3.63, 3.8) is 0 Å². The van der Waals surface area contributed by atoms with Gasteiger partial charge in [0.15, 0.2) is 0 Å². The number of piperazine rings is 1. The van der Waals surface area contributed by atoms with Gasteiger partial charge < -0.3 is 20.3 Å². The predicted molar refractivity (Wildman–Crippen MR) is 90.6 cm³/mol. The number of methoxy groups -OCH3 is 1. The van der Waals surface area contributed by atoms with E-state index >= 15 is 0 Å². The smallest absolute Gasteiger partial charge is 0.234 e. The summed E-state index contributed by atoms with van der Waals surface area (Å²) in [5.74, 6) is 1.10. The minimum Gasteiger partial charge on any atom is -0.383 e. The summed E-state index contributed by atoms with van der Waals surface area (Å²) in [6, 6.07) is 5.95. The average molecular weight is 321 g/mol. The lowest BCUT2D eigenvalue weighted by atomic mass is 10.3. The monoisotopic (exact) mass is 321 g/mol. The van der Waals surface area contributed by atoms with Crippen molar-refractivity contribution in [3.8, 4) is 0 Å².